The van der Waals surface area contributed by atoms with Crippen LogP contribution < -0.4 is 0 Å². The molecule has 3 nitrogen and oxygen atoms in total. The van der Waals surface area contributed by atoms with Gasteiger partial charge in [0.25, 0.3) is 0 Å². The molecule has 1 unspecified atom stereocenters. The van der Waals surface area contributed by atoms with Gasteiger partial charge in [0.15, 0.2) is 6.29 Å². The van der Waals surface area contributed by atoms with Crippen LogP contribution in [0.5, 0.6) is 0 Å². The van der Waals surface area contributed by atoms with Gasteiger partial charge in [0.1, 0.15) is 11.9 Å². The predicted octanol–water partition coefficient (Wildman–Crippen LogP) is 2.89. The van der Waals surface area contributed by atoms with Gasteiger partial charge in [0.05, 0.1) is 0 Å². The number of aliphatic hydroxyl groups excluding tert-OH is 1. The van der Waals surface area contributed by atoms with Gasteiger partial charge in [-0.15, -0.1) is 0 Å². The second kappa shape index (κ2) is 7.84. The summed E-state index contributed by atoms with van der Waals surface area (Å²) in [6.45, 7) is 4.57. The average molecular weight is 321 g/mol. The maximum absolute atomic E-state index is 13.2. The molecule has 1 atom stereocenters. The summed E-state index contributed by atoms with van der Waals surface area (Å²) in [5, 5.41) is 10.0. The van der Waals surface area contributed by atoms with Gasteiger partial charge in [-0.3, -0.25) is 0 Å². The molecule has 5 heteroatoms. The average Bonchev–Trinajstić information content (AvgIpc) is 2.27. The number of hydrogen-bond donors (Lipinski definition) is 1. The van der Waals surface area contributed by atoms with Gasteiger partial charge in [-0.1, -0.05) is 15.9 Å². The number of rotatable bonds is 7. The predicted molar refractivity (Wildman–Crippen MR) is 70.9 cm³/mol. The minimum Gasteiger partial charge on any atom is -0.387 e. The van der Waals surface area contributed by atoms with Crippen LogP contribution in [-0.4, -0.2) is 30.7 Å². The van der Waals surface area contributed by atoms with Crippen molar-refractivity contribution in [3.05, 3.63) is 34.1 Å². The summed E-state index contributed by atoms with van der Waals surface area (Å²) in [4.78, 5) is 0. The normalized spacial score (nSPS) is 13.0. The molecule has 1 aromatic rings. The Balaban J connectivity index is 2.68. The number of ether oxygens (including phenoxy) is 2. The molecular weight excluding hydrogens is 303 g/mol. The Morgan fingerprint density at radius 2 is 1.83 bits per heavy atom. The summed E-state index contributed by atoms with van der Waals surface area (Å²) in [7, 11) is 0. The van der Waals surface area contributed by atoms with E-state index in [-0.39, 0.29) is 12.2 Å². The lowest BCUT2D eigenvalue weighted by Crippen LogP contribution is -2.33. The lowest BCUT2D eigenvalue weighted by Gasteiger charge is -2.22. The highest BCUT2D eigenvalue weighted by atomic mass is 79.9. The standard InChI is InChI=1S/C13H18BrFO3/c1-3-17-13(18-4-2)12(16)7-9-5-10(14)8-11(15)6-9/h5-6,8,12-13,16H,3-4,7H2,1-2H3. The molecule has 1 rings (SSSR count). The fourth-order valence-electron chi connectivity index (χ4n) is 1.67. The molecule has 0 heterocycles. The molecule has 1 N–H and O–H groups in total. The Morgan fingerprint density at radius 1 is 1.22 bits per heavy atom. The van der Waals surface area contributed by atoms with Crippen molar-refractivity contribution in [2.75, 3.05) is 13.2 Å². The van der Waals surface area contributed by atoms with Gasteiger partial charge >= 0.3 is 0 Å². The van der Waals surface area contributed by atoms with E-state index in [1.165, 1.54) is 12.1 Å². The molecular formula is C13H18BrFO3. The van der Waals surface area contributed by atoms with Crippen LogP contribution in [0, 0.1) is 5.82 Å². The Bertz CT molecular complexity index is 347. The third-order valence-electron chi connectivity index (χ3n) is 2.34. The third-order valence-corrected chi connectivity index (χ3v) is 2.80. The van der Waals surface area contributed by atoms with Crippen LogP contribution in [0.1, 0.15) is 19.4 Å². The highest BCUT2D eigenvalue weighted by Crippen LogP contribution is 2.17. The number of halogens is 2. The molecule has 0 spiro atoms. The highest BCUT2D eigenvalue weighted by Gasteiger charge is 2.20. The second-order valence-corrected chi connectivity index (χ2v) is 4.74. The fourth-order valence-corrected chi connectivity index (χ4v) is 2.18. The molecule has 102 valence electrons. The van der Waals surface area contributed by atoms with Gasteiger partial charge in [0.2, 0.25) is 0 Å². The lowest BCUT2D eigenvalue weighted by molar-refractivity contribution is -0.188. The van der Waals surface area contributed by atoms with E-state index in [0.717, 1.165) is 0 Å². The number of aliphatic hydroxyl groups is 1. The summed E-state index contributed by atoms with van der Waals surface area (Å²) in [6, 6.07) is 4.53. The SMILES string of the molecule is CCOC(OCC)C(O)Cc1cc(F)cc(Br)c1. The molecule has 1 aromatic carbocycles. The molecule has 0 fully saturated rings. The Labute approximate surface area is 115 Å². The summed E-state index contributed by atoms with van der Waals surface area (Å²) in [6.07, 6.45) is -1.22. The number of hydrogen-bond acceptors (Lipinski definition) is 3. The highest BCUT2D eigenvalue weighted by molar-refractivity contribution is 9.10. The van der Waals surface area contributed by atoms with Crippen LogP contribution in [0.3, 0.4) is 0 Å². The van der Waals surface area contributed by atoms with E-state index in [1.807, 2.05) is 13.8 Å². The zero-order chi connectivity index (χ0) is 13.5. The van der Waals surface area contributed by atoms with Crippen molar-refractivity contribution >= 4 is 15.9 Å². The molecule has 0 saturated heterocycles. The molecule has 0 radical (unpaired) electrons. The van der Waals surface area contributed by atoms with Crippen molar-refractivity contribution in [2.45, 2.75) is 32.7 Å². The molecule has 0 aliphatic carbocycles. The van der Waals surface area contributed by atoms with Crippen LogP contribution in [0.2, 0.25) is 0 Å². The first kappa shape index (κ1) is 15.6. The maximum atomic E-state index is 13.2. The van der Waals surface area contributed by atoms with Gasteiger partial charge in [-0.05, 0) is 37.6 Å². The van der Waals surface area contributed by atoms with Crippen LogP contribution >= 0.6 is 15.9 Å². The summed E-state index contributed by atoms with van der Waals surface area (Å²) >= 11 is 3.22. The summed E-state index contributed by atoms with van der Waals surface area (Å²) in [5.41, 5.74) is 0.693. The minimum atomic E-state index is -0.821. The van der Waals surface area contributed by atoms with Crippen molar-refractivity contribution in [3.63, 3.8) is 0 Å². The van der Waals surface area contributed by atoms with Gasteiger partial charge in [0, 0.05) is 24.1 Å². The zero-order valence-electron chi connectivity index (χ0n) is 10.5. The Morgan fingerprint density at radius 3 is 2.33 bits per heavy atom. The quantitative estimate of drug-likeness (QED) is 0.785. The van der Waals surface area contributed by atoms with Crippen LogP contribution in [-0.2, 0) is 15.9 Å². The van der Waals surface area contributed by atoms with E-state index < -0.39 is 12.4 Å². The van der Waals surface area contributed by atoms with Gasteiger partial charge in [-0.25, -0.2) is 4.39 Å². The molecule has 18 heavy (non-hydrogen) atoms. The van der Waals surface area contributed by atoms with Crippen LogP contribution in [0.15, 0.2) is 22.7 Å². The van der Waals surface area contributed by atoms with Crippen molar-refractivity contribution in [1.82, 2.24) is 0 Å². The van der Waals surface area contributed by atoms with Crippen molar-refractivity contribution in [2.24, 2.45) is 0 Å². The molecule has 0 saturated carbocycles. The topological polar surface area (TPSA) is 38.7 Å². The number of benzene rings is 1. The molecule has 0 bridgehead atoms. The van der Waals surface area contributed by atoms with Gasteiger partial charge < -0.3 is 14.6 Å². The maximum Gasteiger partial charge on any atom is 0.183 e. The first-order chi connectivity index (χ1) is 8.56. The largest absolute Gasteiger partial charge is 0.387 e. The zero-order valence-corrected chi connectivity index (χ0v) is 12.1. The van der Waals surface area contributed by atoms with E-state index >= 15 is 0 Å². The van der Waals surface area contributed by atoms with Crippen molar-refractivity contribution < 1.29 is 19.0 Å². The summed E-state index contributed by atoms with van der Waals surface area (Å²) < 4.78 is 24.4. The van der Waals surface area contributed by atoms with Crippen molar-refractivity contribution in [3.8, 4) is 0 Å². The van der Waals surface area contributed by atoms with E-state index in [9.17, 15) is 9.50 Å². The Kier molecular flexibility index (Phi) is 6.78. The van der Waals surface area contributed by atoms with Crippen molar-refractivity contribution in [1.29, 1.82) is 0 Å². The Hall–Kier alpha value is -0.490. The van der Waals surface area contributed by atoms with E-state index in [2.05, 4.69) is 15.9 Å². The summed E-state index contributed by atoms with van der Waals surface area (Å²) in [5.74, 6) is -0.337. The smallest absolute Gasteiger partial charge is 0.183 e. The monoisotopic (exact) mass is 320 g/mol. The first-order valence-corrected chi connectivity index (χ1v) is 6.72. The first-order valence-electron chi connectivity index (χ1n) is 5.93. The second-order valence-electron chi connectivity index (χ2n) is 3.83. The van der Waals surface area contributed by atoms with E-state index in [0.29, 0.717) is 23.2 Å². The van der Waals surface area contributed by atoms with E-state index in [4.69, 9.17) is 9.47 Å². The fraction of sp³-hybridized carbons (Fsp3) is 0.538. The molecule has 0 aliphatic rings. The van der Waals surface area contributed by atoms with Crippen LogP contribution in [0.4, 0.5) is 4.39 Å². The minimum absolute atomic E-state index is 0.279. The molecule has 0 amide bonds. The lowest BCUT2D eigenvalue weighted by atomic mass is 10.1. The molecule has 0 aliphatic heterocycles. The van der Waals surface area contributed by atoms with Gasteiger partial charge in [-0.2, -0.15) is 0 Å². The van der Waals surface area contributed by atoms with E-state index in [1.54, 1.807) is 6.07 Å². The van der Waals surface area contributed by atoms with Crippen LogP contribution in [0.25, 0.3) is 0 Å². The third kappa shape index (κ3) is 5.02. The molecule has 0 aromatic heterocycles.